The summed E-state index contributed by atoms with van der Waals surface area (Å²) in [6, 6.07) is 10.7. The largest absolute Gasteiger partial charge is 0.371 e. The van der Waals surface area contributed by atoms with Crippen molar-refractivity contribution in [2.24, 2.45) is 0 Å². The molecule has 0 amide bonds. The molecule has 0 saturated heterocycles. The first-order valence-corrected chi connectivity index (χ1v) is 8.46. The quantitative estimate of drug-likeness (QED) is 0.723. The second-order valence-electron chi connectivity index (χ2n) is 5.64. The molecule has 0 radical (unpaired) electrons. The average Bonchev–Trinajstić information content (AvgIpc) is 3.16. The Morgan fingerprint density at radius 1 is 1.32 bits per heavy atom. The molecular formula is C18H18N2OS. The molecule has 0 spiro atoms. The summed E-state index contributed by atoms with van der Waals surface area (Å²) in [5, 5.41) is 2.12. The fourth-order valence-electron chi connectivity index (χ4n) is 3.07. The molecule has 1 atom stereocenters. The summed E-state index contributed by atoms with van der Waals surface area (Å²) in [5.41, 5.74) is 4.01. The monoisotopic (exact) mass is 310 g/mol. The maximum atomic E-state index is 6.04. The number of fused-ring (bicyclic) bond motifs is 1. The molecule has 1 aromatic carbocycles. The highest BCUT2D eigenvalue weighted by molar-refractivity contribution is 7.13. The molecule has 0 bridgehead atoms. The number of aryl methyl sites for hydroxylation is 1. The van der Waals surface area contributed by atoms with E-state index in [4.69, 9.17) is 4.74 Å². The van der Waals surface area contributed by atoms with Crippen LogP contribution in [-0.4, -0.2) is 16.2 Å². The van der Waals surface area contributed by atoms with Gasteiger partial charge in [0.15, 0.2) is 0 Å². The summed E-state index contributed by atoms with van der Waals surface area (Å²) < 4.78 is 8.25. The number of imidazole rings is 1. The van der Waals surface area contributed by atoms with Crippen LogP contribution < -0.4 is 0 Å². The lowest BCUT2D eigenvalue weighted by Crippen LogP contribution is -2.20. The van der Waals surface area contributed by atoms with Crippen LogP contribution in [0.15, 0.2) is 48.1 Å². The number of thiophene rings is 1. The lowest BCUT2D eigenvalue weighted by molar-refractivity contribution is 0.0309. The molecule has 112 valence electrons. The van der Waals surface area contributed by atoms with Crippen LogP contribution in [-0.2, 0) is 17.7 Å². The van der Waals surface area contributed by atoms with E-state index in [9.17, 15) is 0 Å². The Hall–Kier alpha value is -1.91. The van der Waals surface area contributed by atoms with Crippen molar-refractivity contribution in [3.63, 3.8) is 0 Å². The number of hydrogen-bond donors (Lipinski definition) is 0. The minimum Gasteiger partial charge on any atom is -0.371 e. The van der Waals surface area contributed by atoms with Crippen molar-refractivity contribution in [2.45, 2.75) is 26.0 Å². The molecule has 3 heterocycles. The van der Waals surface area contributed by atoms with Gasteiger partial charge in [-0.05, 0) is 41.5 Å². The van der Waals surface area contributed by atoms with Gasteiger partial charge in [-0.2, -0.15) is 0 Å². The standard InChI is InChI=1S/C18H18N2OS/c1-13-7-11-22-17(13)18-19-8-9-20(18)12-16-15-5-3-2-4-14(15)6-10-21-16/h2-5,7-9,11,16H,6,10,12H2,1H3/t16-/m1/s1. The van der Waals surface area contributed by atoms with Gasteiger partial charge in [-0.1, -0.05) is 24.3 Å². The van der Waals surface area contributed by atoms with Crippen LogP contribution in [0.1, 0.15) is 22.8 Å². The van der Waals surface area contributed by atoms with E-state index in [0.717, 1.165) is 25.4 Å². The molecule has 2 aromatic heterocycles. The highest BCUT2D eigenvalue weighted by Crippen LogP contribution is 2.32. The van der Waals surface area contributed by atoms with Crippen LogP contribution in [0.2, 0.25) is 0 Å². The number of nitrogens with zero attached hydrogens (tertiary/aromatic N) is 2. The summed E-state index contributed by atoms with van der Waals surface area (Å²) in [4.78, 5) is 5.80. The van der Waals surface area contributed by atoms with Gasteiger partial charge >= 0.3 is 0 Å². The molecule has 4 heteroatoms. The SMILES string of the molecule is Cc1ccsc1-c1nccn1C[C@H]1OCCc2ccccc21. The van der Waals surface area contributed by atoms with Crippen molar-refractivity contribution in [3.8, 4) is 10.7 Å². The summed E-state index contributed by atoms with van der Waals surface area (Å²) in [5.74, 6) is 1.04. The number of benzene rings is 1. The first-order valence-electron chi connectivity index (χ1n) is 7.58. The van der Waals surface area contributed by atoms with E-state index in [2.05, 4.69) is 58.4 Å². The fourth-order valence-corrected chi connectivity index (χ4v) is 4.01. The molecular weight excluding hydrogens is 292 g/mol. The molecule has 0 N–H and O–H groups in total. The summed E-state index contributed by atoms with van der Waals surface area (Å²) >= 11 is 1.74. The van der Waals surface area contributed by atoms with Gasteiger partial charge in [-0.25, -0.2) is 4.98 Å². The summed E-state index contributed by atoms with van der Waals surface area (Å²) in [6.07, 6.45) is 5.05. The van der Waals surface area contributed by atoms with Crippen molar-refractivity contribution >= 4 is 11.3 Å². The molecule has 3 aromatic rings. The van der Waals surface area contributed by atoms with Crippen LogP contribution in [0.5, 0.6) is 0 Å². The van der Waals surface area contributed by atoms with Gasteiger partial charge in [0.2, 0.25) is 0 Å². The third kappa shape index (κ3) is 2.38. The predicted octanol–water partition coefficient (Wildman–Crippen LogP) is 4.23. The molecule has 4 rings (SSSR count). The zero-order valence-corrected chi connectivity index (χ0v) is 13.3. The number of ether oxygens (including phenoxy) is 1. The third-order valence-corrected chi connectivity index (χ3v) is 5.25. The number of rotatable bonds is 3. The Bertz CT molecular complexity index is 790. The molecule has 0 fully saturated rings. The highest BCUT2D eigenvalue weighted by Gasteiger charge is 2.22. The van der Waals surface area contributed by atoms with Crippen molar-refractivity contribution in [1.29, 1.82) is 0 Å². The fraction of sp³-hybridized carbons (Fsp3) is 0.278. The zero-order valence-electron chi connectivity index (χ0n) is 12.5. The van der Waals surface area contributed by atoms with Gasteiger partial charge < -0.3 is 9.30 Å². The average molecular weight is 310 g/mol. The third-order valence-electron chi connectivity index (χ3n) is 4.24. The van der Waals surface area contributed by atoms with E-state index in [1.54, 1.807) is 11.3 Å². The molecule has 22 heavy (non-hydrogen) atoms. The van der Waals surface area contributed by atoms with Crippen LogP contribution in [0.25, 0.3) is 10.7 Å². The molecule has 0 aliphatic carbocycles. The first kappa shape index (κ1) is 13.7. The van der Waals surface area contributed by atoms with Crippen molar-refractivity contribution in [2.75, 3.05) is 6.61 Å². The number of aromatic nitrogens is 2. The van der Waals surface area contributed by atoms with E-state index in [0.29, 0.717) is 0 Å². The van der Waals surface area contributed by atoms with Crippen molar-refractivity contribution in [3.05, 3.63) is 64.8 Å². The lowest BCUT2D eigenvalue weighted by Gasteiger charge is -2.26. The van der Waals surface area contributed by atoms with Crippen molar-refractivity contribution < 1.29 is 4.74 Å². The Morgan fingerprint density at radius 2 is 2.23 bits per heavy atom. The van der Waals surface area contributed by atoms with Crippen LogP contribution in [0.3, 0.4) is 0 Å². The van der Waals surface area contributed by atoms with E-state index >= 15 is 0 Å². The Kier molecular flexibility index (Phi) is 3.56. The van der Waals surface area contributed by atoms with Crippen LogP contribution >= 0.6 is 11.3 Å². The molecule has 0 saturated carbocycles. The molecule has 3 nitrogen and oxygen atoms in total. The van der Waals surface area contributed by atoms with Crippen molar-refractivity contribution in [1.82, 2.24) is 9.55 Å². The predicted molar refractivity (Wildman–Crippen MR) is 89.1 cm³/mol. The van der Waals surface area contributed by atoms with E-state index in [-0.39, 0.29) is 6.10 Å². The summed E-state index contributed by atoms with van der Waals surface area (Å²) in [7, 11) is 0. The molecule has 1 aliphatic heterocycles. The molecule has 1 aliphatic rings. The van der Waals surface area contributed by atoms with Gasteiger partial charge in [-0.3, -0.25) is 0 Å². The Balaban J connectivity index is 1.66. The zero-order chi connectivity index (χ0) is 14.9. The Morgan fingerprint density at radius 3 is 3.09 bits per heavy atom. The minimum atomic E-state index is 0.109. The maximum absolute atomic E-state index is 6.04. The second-order valence-corrected chi connectivity index (χ2v) is 6.56. The second kappa shape index (κ2) is 5.71. The van der Waals surface area contributed by atoms with Gasteiger partial charge in [0, 0.05) is 12.4 Å². The number of hydrogen-bond acceptors (Lipinski definition) is 3. The normalized spacial score (nSPS) is 17.4. The van der Waals surface area contributed by atoms with Gasteiger partial charge in [0.25, 0.3) is 0 Å². The molecule has 0 unspecified atom stereocenters. The van der Waals surface area contributed by atoms with Gasteiger partial charge in [0.1, 0.15) is 11.9 Å². The highest BCUT2D eigenvalue weighted by atomic mass is 32.1. The van der Waals surface area contributed by atoms with Crippen LogP contribution in [0.4, 0.5) is 0 Å². The lowest BCUT2D eigenvalue weighted by atomic mass is 9.97. The van der Waals surface area contributed by atoms with Gasteiger partial charge in [-0.15, -0.1) is 11.3 Å². The Labute approximate surface area is 134 Å². The maximum Gasteiger partial charge on any atom is 0.150 e. The first-order chi connectivity index (χ1) is 10.8. The van der Waals surface area contributed by atoms with E-state index < -0.39 is 0 Å². The van der Waals surface area contributed by atoms with Crippen LogP contribution in [0, 0.1) is 6.92 Å². The minimum absolute atomic E-state index is 0.109. The van der Waals surface area contributed by atoms with E-state index in [1.165, 1.54) is 21.6 Å². The topological polar surface area (TPSA) is 27.1 Å². The van der Waals surface area contributed by atoms with Gasteiger partial charge in [0.05, 0.1) is 18.0 Å². The summed E-state index contributed by atoms with van der Waals surface area (Å²) in [6.45, 7) is 3.74. The van der Waals surface area contributed by atoms with E-state index in [1.807, 2.05) is 6.20 Å². The smallest absolute Gasteiger partial charge is 0.150 e.